The van der Waals surface area contributed by atoms with Crippen molar-refractivity contribution < 1.29 is 9.31 Å². The molecule has 1 saturated heterocycles. The van der Waals surface area contributed by atoms with Gasteiger partial charge in [-0.25, -0.2) is 0 Å². The summed E-state index contributed by atoms with van der Waals surface area (Å²) < 4.78 is 12.9. The number of halogens is 1. The molecule has 1 aliphatic rings. The lowest BCUT2D eigenvalue weighted by atomic mass is 9.89. The Hall–Kier alpha value is 0.455. The van der Waals surface area contributed by atoms with Crippen LogP contribution in [0.4, 0.5) is 0 Å². The molecule has 0 unspecified atom stereocenters. The molecular formula is C11H20BIO2. The first-order chi connectivity index (χ1) is 6.89. The van der Waals surface area contributed by atoms with Gasteiger partial charge >= 0.3 is 7.12 Å². The second-order valence-corrected chi connectivity index (χ2v) is 5.96. The molecule has 0 atom stereocenters. The van der Waals surface area contributed by atoms with Crippen molar-refractivity contribution in [2.24, 2.45) is 0 Å². The number of unbranched alkanes of at least 4 members (excludes halogenated alkanes) is 1. The number of allylic oxidation sites excluding steroid dienone is 1. The van der Waals surface area contributed by atoms with Crippen LogP contribution in [-0.2, 0) is 9.31 Å². The van der Waals surface area contributed by atoms with Gasteiger partial charge in [0.15, 0.2) is 0 Å². The van der Waals surface area contributed by atoms with E-state index in [1.165, 1.54) is 10.8 Å². The van der Waals surface area contributed by atoms with Crippen molar-refractivity contribution in [3.8, 4) is 0 Å². The zero-order valence-electron chi connectivity index (χ0n) is 10.0. The lowest BCUT2D eigenvalue weighted by molar-refractivity contribution is 0.00578. The molecule has 1 heterocycles. The summed E-state index contributed by atoms with van der Waals surface area (Å²) in [5.41, 5.74) is -0.434. The van der Waals surface area contributed by atoms with Crippen molar-refractivity contribution in [1.82, 2.24) is 0 Å². The van der Waals surface area contributed by atoms with Gasteiger partial charge in [0, 0.05) is 0 Å². The summed E-state index contributed by atoms with van der Waals surface area (Å²) in [6.07, 6.45) is 4.48. The van der Waals surface area contributed by atoms with Crippen LogP contribution in [0.2, 0.25) is 0 Å². The predicted molar refractivity (Wildman–Crippen MR) is 73.3 cm³/mol. The van der Waals surface area contributed by atoms with Gasteiger partial charge in [0.05, 0.1) is 11.2 Å². The highest BCUT2D eigenvalue weighted by Gasteiger charge is 2.49. The van der Waals surface area contributed by atoms with Crippen molar-refractivity contribution in [1.29, 1.82) is 0 Å². The Morgan fingerprint density at radius 1 is 1.13 bits per heavy atom. The van der Waals surface area contributed by atoms with Gasteiger partial charge in [-0.2, -0.15) is 0 Å². The van der Waals surface area contributed by atoms with E-state index in [-0.39, 0.29) is 18.3 Å². The van der Waals surface area contributed by atoms with Crippen LogP contribution in [0.1, 0.15) is 40.5 Å². The Labute approximate surface area is 107 Å². The van der Waals surface area contributed by atoms with Crippen LogP contribution in [0.25, 0.3) is 0 Å². The van der Waals surface area contributed by atoms with Gasteiger partial charge in [-0.15, -0.1) is 0 Å². The molecule has 15 heavy (non-hydrogen) atoms. The third-order valence-electron chi connectivity index (χ3n) is 3.07. The van der Waals surface area contributed by atoms with Crippen LogP contribution in [0.3, 0.4) is 0 Å². The maximum atomic E-state index is 5.83. The normalized spacial score (nSPS) is 23.9. The Morgan fingerprint density at radius 3 is 2.13 bits per heavy atom. The highest BCUT2D eigenvalue weighted by Crippen LogP contribution is 2.36. The van der Waals surface area contributed by atoms with Crippen LogP contribution in [0, 0.1) is 0 Å². The van der Waals surface area contributed by atoms with E-state index >= 15 is 0 Å². The molecule has 0 aromatic rings. The minimum absolute atomic E-state index is 0.177. The highest BCUT2D eigenvalue weighted by atomic mass is 127. The standard InChI is InChI=1S/C11H20BIO2/c1-10(2)11(3,4)15-12(14-10)8-6-5-7-9-13/h6,8H,5,7,9H2,1-4H3/b8-6-. The average molecular weight is 322 g/mol. The summed E-state index contributed by atoms with van der Waals surface area (Å²) in [4.78, 5) is 0. The van der Waals surface area contributed by atoms with E-state index in [2.05, 4.69) is 56.4 Å². The van der Waals surface area contributed by atoms with E-state index in [0.29, 0.717) is 0 Å². The minimum Gasteiger partial charge on any atom is -0.400 e. The Balaban J connectivity index is 2.45. The molecule has 0 aromatic carbocycles. The van der Waals surface area contributed by atoms with Gasteiger partial charge in [0.2, 0.25) is 0 Å². The van der Waals surface area contributed by atoms with Gasteiger partial charge in [-0.1, -0.05) is 34.6 Å². The summed E-state index contributed by atoms with van der Waals surface area (Å²) in [5, 5.41) is 0. The van der Waals surface area contributed by atoms with E-state index in [1.54, 1.807) is 0 Å². The molecule has 0 spiro atoms. The van der Waals surface area contributed by atoms with Gasteiger partial charge in [-0.3, -0.25) is 0 Å². The molecular weight excluding hydrogens is 302 g/mol. The lowest BCUT2D eigenvalue weighted by Gasteiger charge is -2.32. The lowest BCUT2D eigenvalue weighted by Crippen LogP contribution is -2.41. The summed E-state index contributed by atoms with van der Waals surface area (Å²) in [6, 6.07) is 0. The first-order valence-corrected chi connectivity index (χ1v) is 7.00. The minimum atomic E-state index is -0.217. The zero-order chi connectivity index (χ0) is 11.5. The Kier molecular flexibility index (Phi) is 4.68. The molecule has 0 N–H and O–H groups in total. The first-order valence-electron chi connectivity index (χ1n) is 5.47. The molecule has 0 bridgehead atoms. The maximum Gasteiger partial charge on any atom is 0.486 e. The molecule has 1 rings (SSSR count). The SMILES string of the molecule is CC1(C)OB(/C=C\CCCI)OC1(C)C. The van der Waals surface area contributed by atoms with Crippen LogP contribution in [0.5, 0.6) is 0 Å². The highest BCUT2D eigenvalue weighted by molar-refractivity contribution is 14.1. The second-order valence-electron chi connectivity index (χ2n) is 4.88. The van der Waals surface area contributed by atoms with Crippen LogP contribution >= 0.6 is 22.6 Å². The van der Waals surface area contributed by atoms with Gasteiger partial charge < -0.3 is 9.31 Å². The number of rotatable bonds is 4. The molecule has 1 fully saturated rings. The predicted octanol–water partition coefficient (Wildman–Crippen LogP) is 3.39. The Morgan fingerprint density at radius 2 is 1.67 bits per heavy atom. The third-order valence-corrected chi connectivity index (χ3v) is 3.83. The Bertz CT molecular complexity index is 223. The summed E-state index contributed by atoms with van der Waals surface area (Å²) >= 11 is 2.39. The molecule has 0 aromatic heterocycles. The largest absolute Gasteiger partial charge is 0.486 e. The fourth-order valence-electron chi connectivity index (χ4n) is 1.37. The summed E-state index contributed by atoms with van der Waals surface area (Å²) in [7, 11) is -0.177. The zero-order valence-corrected chi connectivity index (χ0v) is 12.2. The first kappa shape index (κ1) is 13.5. The maximum absolute atomic E-state index is 5.83. The fraction of sp³-hybridized carbons (Fsp3) is 0.818. The van der Waals surface area contributed by atoms with Gasteiger partial charge in [0.1, 0.15) is 0 Å². The molecule has 0 saturated carbocycles. The van der Waals surface area contributed by atoms with E-state index in [1.807, 2.05) is 5.98 Å². The molecule has 0 radical (unpaired) electrons. The van der Waals surface area contributed by atoms with E-state index in [9.17, 15) is 0 Å². The van der Waals surface area contributed by atoms with Crippen molar-refractivity contribution in [3.05, 3.63) is 12.1 Å². The van der Waals surface area contributed by atoms with E-state index < -0.39 is 0 Å². The number of hydrogen-bond acceptors (Lipinski definition) is 2. The monoisotopic (exact) mass is 322 g/mol. The van der Waals surface area contributed by atoms with Crippen LogP contribution in [-0.4, -0.2) is 22.7 Å². The topological polar surface area (TPSA) is 18.5 Å². The van der Waals surface area contributed by atoms with Crippen molar-refractivity contribution in [2.45, 2.75) is 51.7 Å². The summed E-state index contributed by atoms with van der Waals surface area (Å²) in [5.74, 6) is 2.03. The van der Waals surface area contributed by atoms with Gasteiger partial charge in [-0.05, 0) is 45.0 Å². The number of hydrogen-bond donors (Lipinski definition) is 0. The average Bonchev–Trinajstić information content (AvgIpc) is 2.30. The quantitative estimate of drug-likeness (QED) is 0.342. The third kappa shape index (κ3) is 3.46. The van der Waals surface area contributed by atoms with E-state index in [4.69, 9.17) is 9.31 Å². The smallest absolute Gasteiger partial charge is 0.400 e. The second kappa shape index (κ2) is 5.19. The van der Waals surface area contributed by atoms with Crippen molar-refractivity contribution in [2.75, 3.05) is 4.43 Å². The molecule has 0 amide bonds. The van der Waals surface area contributed by atoms with Crippen LogP contribution < -0.4 is 0 Å². The molecule has 4 heteroatoms. The van der Waals surface area contributed by atoms with Gasteiger partial charge in [0.25, 0.3) is 0 Å². The molecule has 1 aliphatic heterocycles. The molecule has 0 aliphatic carbocycles. The van der Waals surface area contributed by atoms with Crippen molar-refractivity contribution in [3.63, 3.8) is 0 Å². The molecule has 86 valence electrons. The summed E-state index contributed by atoms with van der Waals surface area (Å²) in [6.45, 7) is 8.30. The van der Waals surface area contributed by atoms with E-state index in [0.717, 1.165) is 6.42 Å². The van der Waals surface area contributed by atoms with Crippen LogP contribution in [0.15, 0.2) is 12.1 Å². The fourth-order valence-corrected chi connectivity index (χ4v) is 1.81. The number of alkyl halides is 1. The molecule has 2 nitrogen and oxygen atoms in total. The van der Waals surface area contributed by atoms with Crippen molar-refractivity contribution >= 4 is 29.7 Å².